The van der Waals surface area contributed by atoms with Crippen LogP contribution >= 0.6 is 11.5 Å². The molecule has 162 valence electrons. The number of amides is 2. The Morgan fingerprint density at radius 1 is 1.23 bits per heavy atom. The van der Waals surface area contributed by atoms with E-state index in [0.29, 0.717) is 18.7 Å². The average molecular weight is 439 g/mol. The van der Waals surface area contributed by atoms with E-state index in [1.807, 2.05) is 31.2 Å². The summed E-state index contributed by atoms with van der Waals surface area (Å²) in [6.07, 6.45) is 6.28. The Bertz CT molecular complexity index is 998. The van der Waals surface area contributed by atoms with Crippen molar-refractivity contribution in [2.24, 2.45) is 0 Å². The topological polar surface area (TPSA) is 88.3 Å². The highest BCUT2D eigenvalue weighted by Gasteiger charge is 2.36. The molecule has 4 rings (SSSR count). The van der Waals surface area contributed by atoms with Crippen molar-refractivity contribution in [3.63, 3.8) is 0 Å². The molecule has 0 spiro atoms. The molecule has 0 saturated heterocycles. The second-order valence-electron chi connectivity index (χ2n) is 7.87. The zero-order chi connectivity index (χ0) is 21.6. The highest BCUT2D eigenvalue weighted by atomic mass is 32.1. The van der Waals surface area contributed by atoms with Crippen LogP contribution in [0.4, 0.5) is 0 Å². The summed E-state index contributed by atoms with van der Waals surface area (Å²) in [6, 6.07) is 10.8. The Kier molecular flexibility index (Phi) is 6.76. The minimum absolute atomic E-state index is 0.138. The Balaban J connectivity index is 1.64. The van der Waals surface area contributed by atoms with Gasteiger partial charge in [0, 0.05) is 18.0 Å². The van der Waals surface area contributed by atoms with Crippen molar-refractivity contribution >= 4 is 23.3 Å². The fraction of sp³-hybridized carbons (Fsp3) is 0.391. The first-order chi connectivity index (χ1) is 15.1. The number of rotatable bonds is 8. The number of carbonyl (C=O) groups is 2. The summed E-state index contributed by atoms with van der Waals surface area (Å²) in [5, 5.41) is 8.69. The van der Waals surface area contributed by atoms with Crippen LogP contribution in [0.3, 0.4) is 0 Å². The number of furan rings is 1. The smallest absolute Gasteiger partial charge is 0.276 e. The summed E-state index contributed by atoms with van der Waals surface area (Å²) in [7, 11) is 0. The number of benzene rings is 1. The van der Waals surface area contributed by atoms with Gasteiger partial charge in [-0.3, -0.25) is 9.59 Å². The van der Waals surface area contributed by atoms with Gasteiger partial charge in [-0.2, -0.15) is 0 Å². The van der Waals surface area contributed by atoms with Crippen LogP contribution in [0.25, 0.3) is 0 Å². The maximum absolute atomic E-state index is 13.4. The van der Waals surface area contributed by atoms with Gasteiger partial charge in [-0.15, -0.1) is 5.10 Å². The molecular formula is C23H26N4O3S. The molecule has 1 atom stereocenters. The summed E-state index contributed by atoms with van der Waals surface area (Å²) < 4.78 is 9.45. The molecule has 2 amide bonds. The van der Waals surface area contributed by atoms with Gasteiger partial charge in [-0.25, -0.2) is 0 Å². The molecule has 0 aliphatic heterocycles. The molecule has 31 heavy (non-hydrogen) atoms. The van der Waals surface area contributed by atoms with Crippen LogP contribution < -0.4 is 5.32 Å². The largest absolute Gasteiger partial charge is 0.467 e. The molecule has 2 aromatic heterocycles. The first kappa shape index (κ1) is 21.2. The van der Waals surface area contributed by atoms with Gasteiger partial charge in [0.25, 0.3) is 11.8 Å². The van der Waals surface area contributed by atoms with Crippen LogP contribution in [0.5, 0.6) is 0 Å². The second-order valence-corrected chi connectivity index (χ2v) is 8.48. The van der Waals surface area contributed by atoms with E-state index >= 15 is 0 Å². The maximum atomic E-state index is 13.4. The SMILES string of the molecule is Cc1ccccc1CCN(C(=O)c1csnn1)[C@H](C(=O)NC1CCCC1)c1ccco1. The van der Waals surface area contributed by atoms with E-state index < -0.39 is 6.04 Å². The molecule has 1 aromatic carbocycles. The Morgan fingerprint density at radius 3 is 2.71 bits per heavy atom. The van der Waals surface area contributed by atoms with E-state index in [0.717, 1.165) is 48.3 Å². The Morgan fingerprint density at radius 2 is 2.03 bits per heavy atom. The quantitative estimate of drug-likeness (QED) is 0.576. The summed E-state index contributed by atoms with van der Waals surface area (Å²) in [5.41, 5.74) is 2.52. The summed E-state index contributed by atoms with van der Waals surface area (Å²) in [5.74, 6) is -0.106. The Hall–Kier alpha value is -3.00. The van der Waals surface area contributed by atoms with E-state index in [4.69, 9.17) is 4.42 Å². The zero-order valence-electron chi connectivity index (χ0n) is 17.5. The normalized spacial score (nSPS) is 15.0. The highest BCUT2D eigenvalue weighted by molar-refractivity contribution is 7.03. The first-order valence-electron chi connectivity index (χ1n) is 10.6. The molecule has 1 N–H and O–H groups in total. The lowest BCUT2D eigenvalue weighted by Gasteiger charge is -2.30. The van der Waals surface area contributed by atoms with E-state index in [1.165, 1.54) is 6.26 Å². The van der Waals surface area contributed by atoms with Crippen molar-refractivity contribution < 1.29 is 14.0 Å². The van der Waals surface area contributed by atoms with Crippen LogP contribution in [0.15, 0.2) is 52.5 Å². The van der Waals surface area contributed by atoms with Gasteiger partial charge in [0.15, 0.2) is 11.7 Å². The molecule has 7 nitrogen and oxygen atoms in total. The van der Waals surface area contributed by atoms with Crippen LogP contribution in [0.1, 0.15) is 59.1 Å². The zero-order valence-corrected chi connectivity index (χ0v) is 18.3. The molecule has 0 radical (unpaired) electrons. The van der Waals surface area contributed by atoms with Crippen LogP contribution in [-0.4, -0.2) is 38.9 Å². The molecular weight excluding hydrogens is 412 g/mol. The van der Waals surface area contributed by atoms with E-state index in [9.17, 15) is 9.59 Å². The molecule has 1 aliphatic carbocycles. The summed E-state index contributed by atoms with van der Waals surface area (Å²) in [4.78, 5) is 28.4. The number of aromatic nitrogens is 2. The van der Waals surface area contributed by atoms with Crippen molar-refractivity contribution in [3.8, 4) is 0 Å². The number of hydrogen-bond donors (Lipinski definition) is 1. The van der Waals surface area contributed by atoms with Gasteiger partial charge < -0.3 is 14.6 Å². The molecule has 1 saturated carbocycles. The molecule has 8 heteroatoms. The van der Waals surface area contributed by atoms with Gasteiger partial charge >= 0.3 is 0 Å². The third kappa shape index (κ3) is 5.02. The fourth-order valence-corrected chi connectivity index (χ4v) is 4.54. The van der Waals surface area contributed by atoms with E-state index in [-0.39, 0.29) is 23.6 Å². The lowest BCUT2D eigenvalue weighted by atomic mass is 10.0. The molecule has 2 heterocycles. The monoisotopic (exact) mass is 438 g/mol. The minimum atomic E-state index is -0.867. The number of carbonyl (C=O) groups excluding carboxylic acids is 2. The Labute approximate surface area is 185 Å². The molecule has 1 aliphatic rings. The van der Waals surface area contributed by atoms with E-state index in [1.54, 1.807) is 22.4 Å². The van der Waals surface area contributed by atoms with Crippen LogP contribution in [0, 0.1) is 6.92 Å². The third-order valence-corrected chi connectivity index (χ3v) is 6.30. The first-order valence-corrected chi connectivity index (χ1v) is 11.4. The summed E-state index contributed by atoms with van der Waals surface area (Å²) >= 11 is 1.11. The van der Waals surface area contributed by atoms with Gasteiger partial charge in [0.2, 0.25) is 0 Å². The highest BCUT2D eigenvalue weighted by Crippen LogP contribution is 2.26. The van der Waals surface area contributed by atoms with Crippen molar-refractivity contribution in [2.45, 2.75) is 51.1 Å². The van der Waals surface area contributed by atoms with Crippen molar-refractivity contribution in [1.29, 1.82) is 0 Å². The third-order valence-electron chi connectivity index (χ3n) is 5.80. The standard InChI is InChI=1S/C23H26N4O3S/c1-16-7-2-3-8-17(16)12-13-27(23(29)19-15-31-26-25-19)21(20-11-6-14-30-20)22(28)24-18-9-4-5-10-18/h2-3,6-8,11,14-15,18,21H,4-5,9-10,12-13H2,1H3,(H,24,28)/t21-/m0/s1. The van der Waals surface area contributed by atoms with Gasteiger partial charge in [0.05, 0.1) is 6.26 Å². The lowest BCUT2D eigenvalue weighted by Crippen LogP contribution is -2.46. The molecule has 0 bridgehead atoms. The number of hydrogen-bond acceptors (Lipinski definition) is 6. The second kappa shape index (κ2) is 9.87. The predicted octanol–water partition coefficient (Wildman–Crippen LogP) is 3.92. The van der Waals surface area contributed by atoms with Crippen molar-refractivity contribution in [3.05, 3.63) is 70.6 Å². The predicted molar refractivity (Wildman–Crippen MR) is 118 cm³/mol. The summed E-state index contributed by atoms with van der Waals surface area (Å²) in [6.45, 7) is 2.40. The van der Waals surface area contributed by atoms with Crippen LogP contribution in [-0.2, 0) is 11.2 Å². The molecule has 0 unspecified atom stereocenters. The maximum Gasteiger partial charge on any atom is 0.276 e. The minimum Gasteiger partial charge on any atom is -0.467 e. The van der Waals surface area contributed by atoms with E-state index in [2.05, 4.69) is 14.9 Å². The molecule has 3 aromatic rings. The van der Waals surface area contributed by atoms with Crippen molar-refractivity contribution in [1.82, 2.24) is 19.8 Å². The fourth-order valence-electron chi connectivity index (χ4n) is 4.11. The average Bonchev–Trinajstić information content (AvgIpc) is 3.55. The number of nitrogens with zero attached hydrogens (tertiary/aromatic N) is 3. The van der Waals surface area contributed by atoms with Gasteiger partial charge in [-0.05, 0) is 61.0 Å². The molecule has 1 fully saturated rings. The van der Waals surface area contributed by atoms with Gasteiger partial charge in [0.1, 0.15) is 5.76 Å². The number of aryl methyl sites for hydroxylation is 1. The van der Waals surface area contributed by atoms with Gasteiger partial charge in [-0.1, -0.05) is 41.6 Å². The number of nitrogens with one attached hydrogen (secondary N) is 1. The van der Waals surface area contributed by atoms with Crippen LogP contribution in [0.2, 0.25) is 0 Å². The van der Waals surface area contributed by atoms with Crippen molar-refractivity contribution in [2.75, 3.05) is 6.54 Å². The lowest BCUT2D eigenvalue weighted by molar-refractivity contribution is -0.127.